The molecule has 0 bridgehead atoms. The molecule has 618 valence electrons. The molecule has 5 atom stereocenters. The van der Waals surface area contributed by atoms with Crippen molar-refractivity contribution < 1.29 is 75.8 Å². The number of ether oxygens (including phenoxy) is 3. The summed E-state index contributed by atoms with van der Waals surface area (Å²) in [5.74, 6) is -1.58. The summed E-state index contributed by atoms with van der Waals surface area (Å²) in [6.45, 7) is 2.56. The fourth-order valence-corrected chi connectivity index (χ4v) is 13.3. The number of aliphatic hydroxyl groups excluding tert-OH is 2. The van der Waals surface area contributed by atoms with Crippen LogP contribution in [0.2, 0.25) is 0 Å². The highest BCUT2D eigenvalue weighted by atomic mass is 31.2. The van der Waals surface area contributed by atoms with Crippen LogP contribution in [-0.2, 0) is 55.8 Å². The van der Waals surface area contributed by atoms with Gasteiger partial charge in [0.1, 0.15) is 25.4 Å². The number of aliphatic hydroxyl groups is 2. The molecule has 0 rings (SSSR count). The van der Waals surface area contributed by atoms with Crippen molar-refractivity contribution in [2.24, 2.45) is 0 Å². The number of phosphoric ester groups is 2. The maximum absolute atomic E-state index is 13.0. The SMILES string of the molecule is CC/C=C\C/C=C\C/C=C\C/C=C\C/C=C\C/C=C\CCCCCCCCC(=O)OCC(COP(=O)(O)OCC(O)COP(=O)(O)OCC(O)COC(=O)CCCCCCCCCCCCCCCCCCC/C=C\C/C=C\C/C=C\C/C=C\CCCCC)OC(=O)CCCCCCCCCCCCCCC. The van der Waals surface area contributed by atoms with Gasteiger partial charge in [-0.15, -0.1) is 0 Å². The second-order valence-corrected chi connectivity index (χ2v) is 31.5. The van der Waals surface area contributed by atoms with Gasteiger partial charge in [0.25, 0.3) is 0 Å². The van der Waals surface area contributed by atoms with Crippen LogP contribution in [0.3, 0.4) is 0 Å². The summed E-state index contributed by atoms with van der Waals surface area (Å²) in [4.78, 5) is 58.7. The first-order valence-electron chi connectivity index (χ1n) is 42.8. The first kappa shape index (κ1) is 103. The summed E-state index contributed by atoms with van der Waals surface area (Å²) in [6.07, 6.45) is 98.3. The molecular weight excluding hydrogens is 1390 g/mol. The van der Waals surface area contributed by atoms with Crippen molar-refractivity contribution in [3.63, 3.8) is 0 Å². The molecule has 0 fully saturated rings. The highest BCUT2D eigenvalue weighted by molar-refractivity contribution is 7.47. The van der Waals surface area contributed by atoms with Crippen molar-refractivity contribution in [1.82, 2.24) is 0 Å². The van der Waals surface area contributed by atoms with E-state index < -0.39 is 91.5 Å². The smallest absolute Gasteiger partial charge is 0.463 e. The summed E-state index contributed by atoms with van der Waals surface area (Å²) in [7, 11) is -9.79. The van der Waals surface area contributed by atoms with Crippen LogP contribution in [0.4, 0.5) is 0 Å². The molecule has 4 N–H and O–H groups in total. The molecule has 0 aromatic heterocycles. The number of phosphoric acid groups is 2. The lowest BCUT2D eigenvalue weighted by molar-refractivity contribution is -0.161. The Morgan fingerprint density at radius 1 is 0.271 bits per heavy atom. The van der Waals surface area contributed by atoms with Crippen LogP contribution in [0.15, 0.2) is 122 Å². The predicted octanol–water partition coefficient (Wildman–Crippen LogP) is 25.7. The Bertz CT molecular complexity index is 2430. The van der Waals surface area contributed by atoms with Gasteiger partial charge in [-0.25, -0.2) is 9.13 Å². The molecule has 5 unspecified atom stereocenters. The third-order valence-corrected chi connectivity index (χ3v) is 20.1. The van der Waals surface area contributed by atoms with E-state index in [1.807, 2.05) is 0 Å². The van der Waals surface area contributed by atoms with Crippen molar-refractivity contribution in [2.75, 3.05) is 39.6 Å². The largest absolute Gasteiger partial charge is 0.472 e. The van der Waals surface area contributed by atoms with Gasteiger partial charge in [0.15, 0.2) is 6.10 Å². The van der Waals surface area contributed by atoms with Crippen LogP contribution in [0.25, 0.3) is 0 Å². The Balaban J connectivity index is 4.43. The minimum atomic E-state index is -4.93. The van der Waals surface area contributed by atoms with E-state index in [1.54, 1.807) is 0 Å². The van der Waals surface area contributed by atoms with Crippen LogP contribution < -0.4 is 0 Å². The zero-order valence-corrected chi connectivity index (χ0v) is 69.6. The number of hydrogen-bond donors (Lipinski definition) is 4. The Labute approximate surface area is 653 Å². The average Bonchev–Trinajstić information content (AvgIpc) is 0.920. The molecule has 18 heteroatoms. The highest BCUT2D eigenvalue weighted by Gasteiger charge is 2.29. The summed E-state index contributed by atoms with van der Waals surface area (Å²) in [5.41, 5.74) is 0. The van der Waals surface area contributed by atoms with E-state index in [-0.39, 0.29) is 19.3 Å². The molecule has 0 heterocycles. The molecule has 0 aromatic rings. The van der Waals surface area contributed by atoms with Gasteiger partial charge in [0.2, 0.25) is 0 Å². The molecule has 0 saturated heterocycles. The lowest BCUT2D eigenvalue weighted by Crippen LogP contribution is -2.30. The van der Waals surface area contributed by atoms with Gasteiger partial charge in [-0.3, -0.25) is 32.5 Å². The first-order chi connectivity index (χ1) is 52.2. The Morgan fingerprint density at radius 3 is 0.804 bits per heavy atom. The minimum Gasteiger partial charge on any atom is -0.463 e. The van der Waals surface area contributed by atoms with Gasteiger partial charge in [0, 0.05) is 19.3 Å². The fourth-order valence-electron chi connectivity index (χ4n) is 11.7. The molecule has 0 saturated carbocycles. The standard InChI is InChI=1S/C89H156O16P2/c1-4-7-10-13-16-19-22-25-27-29-31-33-35-37-38-39-40-41-42-43-44-46-48-49-51-53-55-58-60-63-66-69-72-75-87(92)99-78-84(90)79-101-106(95,96)102-80-85(91)81-103-107(97,98)104-83-86(105-89(94)77-74-71-68-65-62-57-24-21-18-15-12-9-6-3)82-100-88(93)76-73-70-67-64-61-59-56-54-52-50-47-45-36-34-32-30-28-26-23-20-17-14-11-8-5-2/h8,11,16-17,19-20,25-28,31-34,37-38,45,47,52,54,84-86,90-91H,4-7,9-10,12-15,18,21-24,29-30,35-36,39-44,46,48-51,53,55-83H2,1-3H3,(H,95,96)(H,97,98)/b11-8-,19-16-,20-17-,27-25-,28-26-,33-31-,34-32-,38-37-,47-45-,54-52-. The Hall–Kier alpha value is -4.05. The Kier molecular flexibility index (Phi) is 78.4. The van der Waals surface area contributed by atoms with E-state index in [9.17, 15) is 43.5 Å². The van der Waals surface area contributed by atoms with Gasteiger partial charge < -0.3 is 34.2 Å². The number of esters is 3. The van der Waals surface area contributed by atoms with Crippen molar-refractivity contribution >= 4 is 33.6 Å². The number of unbranched alkanes of at least 4 members (excludes halogenated alkanes) is 38. The van der Waals surface area contributed by atoms with E-state index in [2.05, 4.69) is 142 Å². The third kappa shape index (κ3) is 82.7. The van der Waals surface area contributed by atoms with Crippen molar-refractivity contribution in [3.8, 4) is 0 Å². The van der Waals surface area contributed by atoms with Crippen LogP contribution in [0.1, 0.15) is 367 Å². The number of carbonyl (C=O) groups is 3. The zero-order valence-electron chi connectivity index (χ0n) is 67.8. The maximum Gasteiger partial charge on any atom is 0.472 e. The molecule has 0 aliphatic heterocycles. The second-order valence-electron chi connectivity index (χ2n) is 28.6. The number of rotatable bonds is 81. The van der Waals surface area contributed by atoms with Gasteiger partial charge in [0.05, 0.1) is 26.4 Å². The van der Waals surface area contributed by atoms with E-state index in [1.165, 1.54) is 167 Å². The van der Waals surface area contributed by atoms with Crippen molar-refractivity contribution in [3.05, 3.63) is 122 Å². The molecule has 0 aliphatic carbocycles. The van der Waals surface area contributed by atoms with Gasteiger partial charge >= 0.3 is 33.6 Å². The quantitative estimate of drug-likeness (QED) is 0.0146. The van der Waals surface area contributed by atoms with Gasteiger partial charge in [-0.05, 0) is 116 Å². The fraction of sp³-hybridized carbons (Fsp3) is 0.742. The normalized spacial score (nSPS) is 14.5. The molecule has 0 aromatic carbocycles. The zero-order chi connectivity index (χ0) is 78.0. The topological polar surface area (TPSA) is 231 Å². The highest BCUT2D eigenvalue weighted by Crippen LogP contribution is 2.45. The summed E-state index contributed by atoms with van der Waals surface area (Å²) in [6, 6.07) is 0. The lowest BCUT2D eigenvalue weighted by Gasteiger charge is -2.21. The van der Waals surface area contributed by atoms with Crippen LogP contribution in [0.5, 0.6) is 0 Å². The molecule has 16 nitrogen and oxygen atoms in total. The number of hydrogen-bond acceptors (Lipinski definition) is 14. The maximum atomic E-state index is 13.0. The van der Waals surface area contributed by atoms with E-state index in [0.717, 1.165) is 141 Å². The van der Waals surface area contributed by atoms with Gasteiger partial charge in [-0.1, -0.05) is 354 Å². The molecule has 0 aliphatic rings. The van der Waals surface area contributed by atoms with E-state index in [0.29, 0.717) is 19.3 Å². The average molecular weight is 1540 g/mol. The van der Waals surface area contributed by atoms with E-state index in [4.69, 9.17) is 32.3 Å². The van der Waals surface area contributed by atoms with Gasteiger partial charge in [-0.2, -0.15) is 0 Å². The van der Waals surface area contributed by atoms with Crippen LogP contribution in [0, 0.1) is 0 Å². The molecule has 107 heavy (non-hydrogen) atoms. The minimum absolute atomic E-state index is 0.103. The summed E-state index contributed by atoms with van der Waals surface area (Å²) in [5, 5.41) is 20.7. The van der Waals surface area contributed by atoms with Crippen molar-refractivity contribution in [2.45, 2.75) is 386 Å². The summed E-state index contributed by atoms with van der Waals surface area (Å²) < 4.78 is 61.2. The molecule has 0 spiro atoms. The monoisotopic (exact) mass is 1540 g/mol. The van der Waals surface area contributed by atoms with E-state index >= 15 is 0 Å². The third-order valence-electron chi connectivity index (χ3n) is 18.2. The predicted molar refractivity (Wildman–Crippen MR) is 445 cm³/mol. The van der Waals surface area contributed by atoms with Crippen molar-refractivity contribution in [1.29, 1.82) is 0 Å². The lowest BCUT2D eigenvalue weighted by atomic mass is 10.0. The van der Waals surface area contributed by atoms with Crippen LogP contribution in [-0.4, -0.2) is 95.9 Å². The summed E-state index contributed by atoms with van der Waals surface area (Å²) >= 11 is 0. The number of carbonyl (C=O) groups excluding carboxylic acids is 3. The molecule has 0 radical (unpaired) electrons. The number of allylic oxidation sites excluding steroid dienone is 20. The van der Waals surface area contributed by atoms with Crippen LogP contribution >= 0.6 is 15.6 Å². The molecule has 0 amide bonds. The molecular formula is C89H156O16P2. The first-order valence-corrected chi connectivity index (χ1v) is 45.8. The second kappa shape index (κ2) is 81.4. The Morgan fingerprint density at radius 2 is 0.495 bits per heavy atom.